The zero-order valence-electron chi connectivity index (χ0n) is 14.8. The quantitative estimate of drug-likeness (QED) is 0.845. The summed E-state index contributed by atoms with van der Waals surface area (Å²) in [6.45, 7) is 4.15. The van der Waals surface area contributed by atoms with Gasteiger partial charge in [-0.05, 0) is 29.5 Å². The molecule has 0 fully saturated rings. The molecule has 0 heterocycles. The third kappa shape index (κ3) is 3.27. The average molecular weight is 333 g/mol. The summed E-state index contributed by atoms with van der Waals surface area (Å²) in [5.41, 5.74) is 5.02. The summed E-state index contributed by atoms with van der Waals surface area (Å²) in [6.07, 6.45) is 3.08. The Hall–Kier alpha value is -2.68. The van der Waals surface area contributed by atoms with Gasteiger partial charge in [-0.25, -0.2) is 0 Å². The zero-order valence-corrected chi connectivity index (χ0v) is 14.8. The molecule has 1 aliphatic rings. The molecule has 1 amide bonds. The molecule has 0 unspecified atom stereocenters. The Morgan fingerprint density at radius 2 is 1.56 bits per heavy atom. The van der Waals surface area contributed by atoms with Crippen LogP contribution in [-0.4, -0.2) is 11.7 Å². The van der Waals surface area contributed by atoms with E-state index in [0.29, 0.717) is 17.7 Å². The molecule has 0 bridgehead atoms. The lowest BCUT2D eigenvalue weighted by Crippen LogP contribution is -2.26. The first-order chi connectivity index (χ1) is 12.2. The molecule has 3 nitrogen and oxygen atoms in total. The molecule has 0 radical (unpaired) electrons. The third-order valence-corrected chi connectivity index (χ3v) is 4.61. The van der Waals surface area contributed by atoms with Gasteiger partial charge in [-0.3, -0.25) is 9.59 Å². The molecule has 128 valence electrons. The number of unbranched alkanes of at least 4 members (excludes halogenated alkanes) is 1. The second-order valence-corrected chi connectivity index (χ2v) is 6.29. The van der Waals surface area contributed by atoms with Crippen molar-refractivity contribution in [3.63, 3.8) is 0 Å². The van der Waals surface area contributed by atoms with Crippen molar-refractivity contribution in [2.24, 2.45) is 0 Å². The first-order valence-electron chi connectivity index (χ1n) is 8.93. The fraction of sp³-hybridized carbons (Fsp3) is 0.273. The summed E-state index contributed by atoms with van der Waals surface area (Å²) >= 11 is 0. The first-order valence-corrected chi connectivity index (χ1v) is 8.93. The summed E-state index contributed by atoms with van der Waals surface area (Å²) < 4.78 is 0. The maximum atomic E-state index is 12.9. The molecule has 0 spiro atoms. The van der Waals surface area contributed by atoms with Crippen LogP contribution in [0.25, 0.3) is 5.57 Å². The summed E-state index contributed by atoms with van der Waals surface area (Å²) in [6, 6.07) is 15.7. The number of allylic oxidation sites excluding steroid dienone is 1. The topological polar surface area (TPSA) is 46.2 Å². The van der Waals surface area contributed by atoms with Gasteiger partial charge in [0.2, 0.25) is 11.7 Å². The predicted octanol–water partition coefficient (Wildman–Crippen LogP) is 4.51. The Balaban J connectivity index is 2.12. The van der Waals surface area contributed by atoms with E-state index in [1.807, 2.05) is 49.4 Å². The highest BCUT2D eigenvalue weighted by Crippen LogP contribution is 2.37. The Kier molecular flexibility index (Phi) is 5.13. The number of hydrogen-bond acceptors (Lipinski definition) is 2. The summed E-state index contributed by atoms with van der Waals surface area (Å²) in [5.74, 6) is -0.189. The van der Waals surface area contributed by atoms with Crippen LogP contribution in [0.4, 0.5) is 0 Å². The molecule has 1 N–H and O–H groups in total. The predicted molar refractivity (Wildman–Crippen MR) is 100 cm³/mol. The number of amides is 1. The van der Waals surface area contributed by atoms with Crippen molar-refractivity contribution >= 4 is 17.3 Å². The fourth-order valence-electron chi connectivity index (χ4n) is 3.29. The fourth-order valence-corrected chi connectivity index (χ4v) is 3.29. The summed E-state index contributed by atoms with van der Waals surface area (Å²) in [4.78, 5) is 25.2. The Morgan fingerprint density at radius 3 is 2.24 bits per heavy atom. The van der Waals surface area contributed by atoms with Gasteiger partial charge in [0.05, 0.1) is 5.70 Å². The second-order valence-electron chi connectivity index (χ2n) is 6.29. The number of carbonyl (C=O) groups excluding carboxylic acids is 2. The highest BCUT2D eigenvalue weighted by molar-refractivity contribution is 6.23. The van der Waals surface area contributed by atoms with E-state index in [1.54, 1.807) is 0 Å². The number of fused-ring (bicyclic) bond motifs is 1. The molecule has 0 saturated carbocycles. The lowest BCUT2D eigenvalue weighted by atomic mass is 9.93. The van der Waals surface area contributed by atoms with Crippen molar-refractivity contribution in [2.45, 2.75) is 39.5 Å². The normalized spacial score (nSPS) is 13.1. The van der Waals surface area contributed by atoms with Gasteiger partial charge in [0.15, 0.2) is 0 Å². The molecule has 2 aromatic rings. The monoisotopic (exact) mass is 333 g/mol. The minimum Gasteiger partial charge on any atom is -0.322 e. The number of ketones is 1. The van der Waals surface area contributed by atoms with Crippen molar-refractivity contribution < 1.29 is 9.59 Å². The van der Waals surface area contributed by atoms with E-state index in [9.17, 15) is 9.59 Å². The van der Waals surface area contributed by atoms with Gasteiger partial charge in [0, 0.05) is 17.6 Å². The van der Waals surface area contributed by atoms with E-state index in [0.717, 1.165) is 36.0 Å². The number of nitrogens with one attached hydrogen (secondary N) is 1. The molecule has 0 saturated heterocycles. The maximum Gasteiger partial charge on any atom is 0.224 e. The second kappa shape index (κ2) is 7.47. The lowest BCUT2D eigenvalue weighted by molar-refractivity contribution is -0.120. The summed E-state index contributed by atoms with van der Waals surface area (Å²) in [7, 11) is 0. The van der Waals surface area contributed by atoms with Crippen LogP contribution >= 0.6 is 0 Å². The van der Waals surface area contributed by atoms with Crippen molar-refractivity contribution in [1.82, 2.24) is 5.32 Å². The molecule has 25 heavy (non-hydrogen) atoms. The lowest BCUT2D eigenvalue weighted by Gasteiger charge is -2.13. The molecule has 1 aliphatic carbocycles. The van der Waals surface area contributed by atoms with Gasteiger partial charge < -0.3 is 5.32 Å². The average Bonchev–Trinajstić information content (AvgIpc) is 2.92. The number of Topliss-reactive ketones (excluding diaryl/α,β-unsaturated/α-hetero) is 1. The van der Waals surface area contributed by atoms with E-state index in [-0.39, 0.29) is 11.7 Å². The van der Waals surface area contributed by atoms with Gasteiger partial charge in [-0.1, -0.05) is 68.8 Å². The molecular formula is C22H23NO2. The van der Waals surface area contributed by atoms with E-state index in [4.69, 9.17) is 0 Å². The Morgan fingerprint density at radius 1 is 0.920 bits per heavy atom. The summed E-state index contributed by atoms with van der Waals surface area (Å²) in [5, 5.41) is 2.90. The number of rotatable bonds is 6. The largest absolute Gasteiger partial charge is 0.322 e. The third-order valence-electron chi connectivity index (χ3n) is 4.61. The standard InChI is InChI=1S/C22H23NO2/c1-3-5-14-19(24)23-21-20(16-11-7-6-10-15(16)4-2)17-12-8-9-13-18(17)22(21)25/h6-13H,3-5,14H2,1-2H3,(H,23,24,25). The van der Waals surface area contributed by atoms with Crippen LogP contribution in [0.5, 0.6) is 0 Å². The number of carbonyl (C=O) groups is 2. The molecule has 3 rings (SSSR count). The maximum absolute atomic E-state index is 12.9. The minimum absolute atomic E-state index is 0.0931. The van der Waals surface area contributed by atoms with Gasteiger partial charge in [-0.15, -0.1) is 0 Å². The van der Waals surface area contributed by atoms with Gasteiger partial charge >= 0.3 is 0 Å². The SMILES string of the molecule is CCCCC(=O)NC1=C(c2ccccc2CC)c2ccccc2C1=O. The van der Waals surface area contributed by atoms with Crippen LogP contribution in [0.3, 0.4) is 0 Å². The van der Waals surface area contributed by atoms with E-state index in [1.165, 1.54) is 5.56 Å². The van der Waals surface area contributed by atoms with Crippen LogP contribution in [-0.2, 0) is 11.2 Å². The van der Waals surface area contributed by atoms with Crippen LogP contribution in [0.2, 0.25) is 0 Å². The Labute approximate surface area is 148 Å². The molecule has 0 atom stereocenters. The van der Waals surface area contributed by atoms with Crippen molar-refractivity contribution in [2.75, 3.05) is 0 Å². The van der Waals surface area contributed by atoms with Gasteiger partial charge in [0.25, 0.3) is 0 Å². The molecule has 0 aromatic heterocycles. The Bertz CT molecular complexity index is 849. The number of benzene rings is 2. The molecule has 0 aliphatic heterocycles. The van der Waals surface area contributed by atoms with E-state index in [2.05, 4.69) is 18.3 Å². The van der Waals surface area contributed by atoms with E-state index < -0.39 is 0 Å². The highest BCUT2D eigenvalue weighted by Gasteiger charge is 2.31. The molecular weight excluding hydrogens is 310 g/mol. The van der Waals surface area contributed by atoms with Crippen LogP contribution < -0.4 is 5.32 Å². The van der Waals surface area contributed by atoms with Crippen molar-refractivity contribution in [3.05, 3.63) is 76.5 Å². The molecule has 3 heteroatoms. The zero-order chi connectivity index (χ0) is 17.8. The minimum atomic E-state index is -0.0960. The van der Waals surface area contributed by atoms with Crippen LogP contribution in [0.15, 0.2) is 54.2 Å². The smallest absolute Gasteiger partial charge is 0.224 e. The first kappa shape index (κ1) is 17.2. The highest BCUT2D eigenvalue weighted by atomic mass is 16.2. The van der Waals surface area contributed by atoms with Crippen molar-refractivity contribution in [3.8, 4) is 0 Å². The van der Waals surface area contributed by atoms with Crippen molar-refractivity contribution in [1.29, 1.82) is 0 Å². The number of hydrogen-bond donors (Lipinski definition) is 1. The van der Waals surface area contributed by atoms with Crippen LogP contribution in [0, 0.1) is 0 Å². The molecule has 2 aromatic carbocycles. The van der Waals surface area contributed by atoms with E-state index >= 15 is 0 Å². The van der Waals surface area contributed by atoms with Gasteiger partial charge in [0.1, 0.15) is 0 Å². The number of aryl methyl sites for hydroxylation is 1. The van der Waals surface area contributed by atoms with Crippen LogP contribution in [0.1, 0.15) is 60.2 Å². The van der Waals surface area contributed by atoms with Gasteiger partial charge in [-0.2, -0.15) is 0 Å².